The molecule has 1 aromatic carbocycles. The molecule has 0 fully saturated rings. The summed E-state index contributed by atoms with van der Waals surface area (Å²) in [6, 6.07) is 9.36. The van der Waals surface area contributed by atoms with Crippen molar-refractivity contribution in [2.45, 2.75) is 32.5 Å². The molecule has 1 aromatic rings. The van der Waals surface area contributed by atoms with Gasteiger partial charge in [0.15, 0.2) is 0 Å². The maximum Gasteiger partial charge on any atom is 0.102 e. The first kappa shape index (κ1) is 14.4. The van der Waals surface area contributed by atoms with Crippen LogP contribution < -0.4 is 0 Å². The van der Waals surface area contributed by atoms with Gasteiger partial charge in [0.1, 0.15) is 12.1 Å². The summed E-state index contributed by atoms with van der Waals surface area (Å²) in [5.74, 6) is 0. The zero-order chi connectivity index (χ0) is 13.4. The molecule has 0 saturated carbocycles. The van der Waals surface area contributed by atoms with E-state index in [0.717, 1.165) is 5.56 Å². The van der Waals surface area contributed by atoms with Crippen LogP contribution in [0.4, 0.5) is 0 Å². The molecule has 2 atom stereocenters. The topological polar surface area (TPSA) is 62.1 Å². The summed E-state index contributed by atoms with van der Waals surface area (Å²) in [7, 11) is 0. The van der Waals surface area contributed by atoms with E-state index in [-0.39, 0.29) is 12.1 Å². The second kappa shape index (κ2) is 7.66. The van der Waals surface area contributed by atoms with E-state index >= 15 is 0 Å². The van der Waals surface area contributed by atoms with Gasteiger partial charge in [0.05, 0.1) is 0 Å². The Bertz CT molecular complexity index is 354. The van der Waals surface area contributed by atoms with Crippen molar-refractivity contribution in [2.75, 3.05) is 13.1 Å². The van der Waals surface area contributed by atoms with Crippen molar-refractivity contribution in [2.24, 2.45) is 10.4 Å². The Kier molecular flexibility index (Phi) is 6.14. The van der Waals surface area contributed by atoms with Crippen LogP contribution in [0.25, 0.3) is 0 Å². The first-order valence-electron chi connectivity index (χ1n) is 6.07. The summed E-state index contributed by atoms with van der Waals surface area (Å²) >= 11 is 0. The average molecular weight is 249 g/mol. The summed E-state index contributed by atoms with van der Waals surface area (Å²) in [6.45, 7) is 5.31. The molecule has 98 valence electrons. The third-order valence-electron chi connectivity index (χ3n) is 2.65. The average Bonchev–Trinajstić information content (AvgIpc) is 2.39. The van der Waals surface area contributed by atoms with Gasteiger partial charge in [-0.05, 0) is 19.4 Å². The molecule has 0 N–H and O–H groups in total. The lowest BCUT2D eigenvalue weighted by molar-refractivity contribution is 0.242. The highest BCUT2D eigenvalue weighted by atomic mass is 16.3. The van der Waals surface area contributed by atoms with Crippen LogP contribution in [-0.4, -0.2) is 30.1 Å². The van der Waals surface area contributed by atoms with Gasteiger partial charge in [-0.15, -0.1) is 0 Å². The quantitative estimate of drug-likeness (QED) is 0.665. The smallest absolute Gasteiger partial charge is 0.102 e. The maximum atomic E-state index is 10.5. The van der Waals surface area contributed by atoms with Crippen molar-refractivity contribution in [3.63, 3.8) is 0 Å². The van der Waals surface area contributed by atoms with Crippen molar-refractivity contribution >= 4 is 0 Å². The van der Waals surface area contributed by atoms with E-state index in [1.807, 2.05) is 35.2 Å². The summed E-state index contributed by atoms with van der Waals surface area (Å²) < 4.78 is 0. The standard InChI is InChI=1S/C13H19N3O2/c1-11(14-17)8-16(9-12(2)15-18)10-13-6-4-3-5-7-13/h3-7,11-12H,8-10H2,1-2H3. The Balaban J connectivity index is 2.64. The van der Waals surface area contributed by atoms with Crippen molar-refractivity contribution in [1.29, 1.82) is 0 Å². The monoisotopic (exact) mass is 249 g/mol. The molecule has 18 heavy (non-hydrogen) atoms. The van der Waals surface area contributed by atoms with E-state index in [2.05, 4.69) is 10.4 Å². The van der Waals surface area contributed by atoms with E-state index in [1.165, 1.54) is 0 Å². The summed E-state index contributed by atoms with van der Waals surface area (Å²) in [4.78, 5) is 23.0. The molecule has 0 amide bonds. The Morgan fingerprint density at radius 2 is 1.50 bits per heavy atom. The molecule has 0 aromatic heterocycles. The molecule has 0 heterocycles. The van der Waals surface area contributed by atoms with Gasteiger partial charge in [-0.2, -0.15) is 9.81 Å². The van der Waals surface area contributed by atoms with Crippen LogP contribution in [0.15, 0.2) is 40.7 Å². The highest BCUT2D eigenvalue weighted by Crippen LogP contribution is 2.08. The number of nitroso groups, excluding NO2 is 2. The van der Waals surface area contributed by atoms with Gasteiger partial charge < -0.3 is 0 Å². The van der Waals surface area contributed by atoms with E-state index < -0.39 is 0 Å². The van der Waals surface area contributed by atoms with Crippen LogP contribution in [0.5, 0.6) is 0 Å². The molecule has 5 nitrogen and oxygen atoms in total. The van der Waals surface area contributed by atoms with Gasteiger partial charge in [-0.1, -0.05) is 40.7 Å². The van der Waals surface area contributed by atoms with Gasteiger partial charge in [0, 0.05) is 19.6 Å². The predicted octanol–water partition coefficient (Wildman–Crippen LogP) is 2.80. The predicted molar refractivity (Wildman–Crippen MR) is 72.2 cm³/mol. The number of hydrogen-bond donors (Lipinski definition) is 0. The highest BCUT2D eigenvalue weighted by molar-refractivity contribution is 5.14. The molecule has 0 aliphatic heterocycles. The molecule has 0 radical (unpaired) electrons. The fraction of sp³-hybridized carbons (Fsp3) is 0.538. The number of rotatable bonds is 8. The maximum absolute atomic E-state index is 10.5. The first-order chi connectivity index (χ1) is 8.65. The Morgan fingerprint density at radius 3 is 1.94 bits per heavy atom. The van der Waals surface area contributed by atoms with Gasteiger partial charge in [-0.25, -0.2) is 0 Å². The van der Waals surface area contributed by atoms with Gasteiger partial charge in [-0.3, -0.25) is 4.90 Å². The number of nitrogens with zero attached hydrogens (tertiary/aromatic N) is 3. The summed E-state index contributed by atoms with van der Waals surface area (Å²) in [5.41, 5.74) is 1.15. The van der Waals surface area contributed by atoms with Crippen LogP contribution >= 0.6 is 0 Å². The minimum Gasteiger partial charge on any atom is -0.295 e. The van der Waals surface area contributed by atoms with Crippen LogP contribution in [0.3, 0.4) is 0 Å². The zero-order valence-electron chi connectivity index (χ0n) is 10.8. The van der Waals surface area contributed by atoms with Crippen molar-refractivity contribution in [3.8, 4) is 0 Å². The fourth-order valence-corrected chi connectivity index (χ4v) is 1.86. The minimum atomic E-state index is -0.285. The lowest BCUT2D eigenvalue weighted by atomic mass is 10.2. The third-order valence-corrected chi connectivity index (χ3v) is 2.65. The highest BCUT2D eigenvalue weighted by Gasteiger charge is 2.14. The van der Waals surface area contributed by atoms with Gasteiger partial charge >= 0.3 is 0 Å². The molecule has 2 unspecified atom stereocenters. The molecule has 0 aliphatic carbocycles. The Labute approximate surface area is 107 Å². The minimum absolute atomic E-state index is 0.285. The third kappa shape index (κ3) is 5.14. The van der Waals surface area contributed by atoms with E-state index in [4.69, 9.17) is 0 Å². The molecule has 0 spiro atoms. The molecule has 0 aliphatic rings. The Hall–Kier alpha value is -1.62. The van der Waals surface area contributed by atoms with Crippen LogP contribution in [0.1, 0.15) is 19.4 Å². The molecule has 1 rings (SSSR count). The second-order valence-corrected chi connectivity index (χ2v) is 4.59. The lowest BCUT2D eigenvalue weighted by Crippen LogP contribution is -2.34. The molecular weight excluding hydrogens is 230 g/mol. The van der Waals surface area contributed by atoms with E-state index in [0.29, 0.717) is 19.6 Å². The molecule has 5 heteroatoms. The second-order valence-electron chi connectivity index (χ2n) is 4.59. The summed E-state index contributed by atoms with van der Waals surface area (Å²) in [6.07, 6.45) is 0. The number of benzene rings is 1. The Morgan fingerprint density at radius 1 is 1.00 bits per heavy atom. The largest absolute Gasteiger partial charge is 0.295 e. The fourth-order valence-electron chi connectivity index (χ4n) is 1.86. The zero-order valence-corrected chi connectivity index (χ0v) is 10.8. The summed E-state index contributed by atoms with van der Waals surface area (Å²) in [5, 5.41) is 6.01. The van der Waals surface area contributed by atoms with E-state index in [1.54, 1.807) is 13.8 Å². The lowest BCUT2D eigenvalue weighted by Gasteiger charge is -2.24. The van der Waals surface area contributed by atoms with E-state index in [9.17, 15) is 9.81 Å². The van der Waals surface area contributed by atoms with Gasteiger partial charge in [0.25, 0.3) is 0 Å². The van der Waals surface area contributed by atoms with Crippen molar-refractivity contribution in [1.82, 2.24) is 4.90 Å². The van der Waals surface area contributed by atoms with Crippen LogP contribution in [0, 0.1) is 9.81 Å². The SMILES string of the molecule is CC(CN(Cc1ccccc1)CC(C)N=O)N=O. The van der Waals surface area contributed by atoms with Crippen molar-refractivity contribution < 1.29 is 0 Å². The van der Waals surface area contributed by atoms with Crippen LogP contribution in [-0.2, 0) is 6.54 Å². The van der Waals surface area contributed by atoms with Crippen LogP contribution in [0.2, 0.25) is 0 Å². The normalized spacial score (nSPS) is 14.2. The first-order valence-corrected chi connectivity index (χ1v) is 6.07. The molecule has 0 saturated heterocycles. The molecular formula is C13H19N3O2. The van der Waals surface area contributed by atoms with Gasteiger partial charge in [0.2, 0.25) is 0 Å². The number of hydrogen-bond acceptors (Lipinski definition) is 5. The molecule has 0 bridgehead atoms. The van der Waals surface area contributed by atoms with Crippen molar-refractivity contribution in [3.05, 3.63) is 45.7 Å².